The number of rotatable bonds is 7. The molecule has 1 saturated heterocycles. The molecule has 1 aromatic heterocycles. The molecular formula is C15H20F3N3O6S. The number of aromatic amines is 1. The van der Waals surface area contributed by atoms with E-state index in [1.165, 1.54) is 17.7 Å². The molecule has 0 spiro atoms. The molecule has 158 valence electrons. The second-order valence-corrected chi connectivity index (χ2v) is 6.55. The van der Waals surface area contributed by atoms with Crippen molar-refractivity contribution in [2.75, 3.05) is 19.8 Å². The number of carbonyl (C=O) groups is 1. The van der Waals surface area contributed by atoms with Gasteiger partial charge in [0.15, 0.2) is 11.0 Å². The summed E-state index contributed by atoms with van der Waals surface area (Å²) in [6.45, 7) is 0.647. The SMILES string of the molecule is Cc1cn([C@H]2O[C@@H](CO)C(O)C2OCCCNC(=O)C(F)(F)F)c(=S)[nH]c1=O. The molecule has 0 aliphatic carbocycles. The summed E-state index contributed by atoms with van der Waals surface area (Å²) in [5.41, 5.74) is -0.0656. The molecule has 1 aliphatic rings. The smallest absolute Gasteiger partial charge is 0.394 e. The molecule has 0 radical (unpaired) electrons. The lowest BCUT2D eigenvalue weighted by atomic mass is 10.1. The van der Waals surface area contributed by atoms with Gasteiger partial charge in [0.1, 0.15) is 18.3 Å². The molecule has 28 heavy (non-hydrogen) atoms. The van der Waals surface area contributed by atoms with Crippen LogP contribution in [0.4, 0.5) is 13.2 Å². The summed E-state index contributed by atoms with van der Waals surface area (Å²) in [7, 11) is 0. The van der Waals surface area contributed by atoms with Gasteiger partial charge < -0.3 is 25.0 Å². The molecule has 1 fully saturated rings. The number of carbonyl (C=O) groups excluding carboxylic acids is 1. The summed E-state index contributed by atoms with van der Waals surface area (Å²) < 4.78 is 48.8. The van der Waals surface area contributed by atoms with Gasteiger partial charge >= 0.3 is 12.1 Å². The minimum Gasteiger partial charge on any atom is -0.394 e. The lowest BCUT2D eigenvalue weighted by Gasteiger charge is -2.23. The van der Waals surface area contributed by atoms with E-state index >= 15 is 0 Å². The number of hydrogen-bond donors (Lipinski definition) is 4. The van der Waals surface area contributed by atoms with Crippen molar-refractivity contribution in [3.8, 4) is 0 Å². The summed E-state index contributed by atoms with van der Waals surface area (Å²) in [5, 5.41) is 21.4. The van der Waals surface area contributed by atoms with Crippen LogP contribution >= 0.6 is 12.2 Å². The Hall–Kier alpha value is -1.80. The molecule has 2 rings (SSSR count). The van der Waals surface area contributed by atoms with Crippen molar-refractivity contribution in [2.24, 2.45) is 0 Å². The molecule has 1 aliphatic heterocycles. The molecule has 2 heterocycles. The van der Waals surface area contributed by atoms with Crippen LogP contribution < -0.4 is 10.9 Å². The minimum atomic E-state index is -4.96. The van der Waals surface area contributed by atoms with E-state index < -0.39 is 48.8 Å². The van der Waals surface area contributed by atoms with E-state index in [9.17, 15) is 33.0 Å². The second-order valence-electron chi connectivity index (χ2n) is 6.16. The van der Waals surface area contributed by atoms with Gasteiger partial charge in [0.05, 0.1) is 6.61 Å². The quantitative estimate of drug-likeness (QED) is 0.354. The minimum absolute atomic E-state index is 0.0115. The summed E-state index contributed by atoms with van der Waals surface area (Å²) in [4.78, 5) is 24.8. The fourth-order valence-electron chi connectivity index (χ4n) is 2.64. The Morgan fingerprint density at radius 3 is 2.79 bits per heavy atom. The molecule has 4 atom stereocenters. The van der Waals surface area contributed by atoms with Gasteiger partial charge in [0.2, 0.25) is 0 Å². The molecular weight excluding hydrogens is 407 g/mol. The Morgan fingerprint density at radius 1 is 1.50 bits per heavy atom. The largest absolute Gasteiger partial charge is 0.471 e. The maximum Gasteiger partial charge on any atom is 0.471 e. The van der Waals surface area contributed by atoms with Crippen molar-refractivity contribution in [3.05, 3.63) is 26.9 Å². The van der Waals surface area contributed by atoms with Crippen LogP contribution in [0.2, 0.25) is 0 Å². The number of alkyl halides is 3. The summed E-state index contributed by atoms with van der Waals surface area (Å²) in [6.07, 6.45) is -7.71. The maximum absolute atomic E-state index is 12.1. The van der Waals surface area contributed by atoms with Crippen LogP contribution in [0.25, 0.3) is 0 Å². The number of nitrogens with one attached hydrogen (secondary N) is 2. The Kier molecular flexibility index (Phi) is 7.33. The number of aliphatic hydroxyl groups excluding tert-OH is 2. The number of ether oxygens (including phenoxy) is 2. The first-order valence-electron chi connectivity index (χ1n) is 8.29. The molecule has 1 aromatic rings. The first-order valence-corrected chi connectivity index (χ1v) is 8.70. The van der Waals surface area contributed by atoms with Crippen LogP contribution in [-0.4, -0.2) is 69.9 Å². The number of aliphatic hydroxyl groups is 2. The molecule has 1 amide bonds. The maximum atomic E-state index is 12.1. The molecule has 0 bridgehead atoms. The Morgan fingerprint density at radius 2 is 2.18 bits per heavy atom. The highest BCUT2D eigenvalue weighted by Crippen LogP contribution is 2.31. The third kappa shape index (κ3) is 5.17. The van der Waals surface area contributed by atoms with Gasteiger partial charge in [-0.3, -0.25) is 19.1 Å². The van der Waals surface area contributed by atoms with E-state index in [1.807, 2.05) is 0 Å². The van der Waals surface area contributed by atoms with Gasteiger partial charge in [-0.1, -0.05) is 0 Å². The average Bonchev–Trinajstić information content (AvgIpc) is 2.92. The predicted molar refractivity (Wildman–Crippen MR) is 91.0 cm³/mol. The van der Waals surface area contributed by atoms with Crippen molar-refractivity contribution in [3.63, 3.8) is 0 Å². The number of hydrogen-bond acceptors (Lipinski definition) is 7. The van der Waals surface area contributed by atoms with Crippen molar-refractivity contribution >= 4 is 18.1 Å². The molecule has 4 N–H and O–H groups in total. The number of nitrogens with zero attached hydrogens (tertiary/aromatic N) is 1. The van der Waals surface area contributed by atoms with Gasteiger partial charge in [-0.2, -0.15) is 13.2 Å². The lowest BCUT2D eigenvalue weighted by molar-refractivity contribution is -0.173. The zero-order chi connectivity index (χ0) is 21.1. The Balaban J connectivity index is 2.04. The van der Waals surface area contributed by atoms with Gasteiger partial charge in [0.25, 0.3) is 5.56 Å². The third-order valence-electron chi connectivity index (χ3n) is 4.09. The Bertz CT molecular complexity index is 811. The van der Waals surface area contributed by atoms with E-state index in [4.69, 9.17) is 21.7 Å². The van der Waals surface area contributed by atoms with Crippen molar-refractivity contribution in [1.29, 1.82) is 0 Å². The zero-order valence-corrected chi connectivity index (χ0v) is 15.5. The van der Waals surface area contributed by atoms with Crippen LogP contribution in [0.3, 0.4) is 0 Å². The van der Waals surface area contributed by atoms with E-state index in [0.29, 0.717) is 5.56 Å². The van der Waals surface area contributed by atoms with Crippen LogP contribution in [0.1, 0.15) is 18.2 Å². The lowest BCUT2D eigenvalue weighted by Crippen LogP contribution is -2.38. The molecule has 9 nitrogen and oxygen atoms in total. The van der Waals surface area contributed by atoms with Crippen molar-refractivity contribution < 1.29 is 37.7 Å². The highest BCUT2D eigenvalue weighted by Gasteiger charge is 2.45. The summed E-state index contributed by atoms with van der Waals surface area (Å²) >= 11 is 5.09. The van der Waals surface area contributed by atoms with Crippen LogP contribution in [0.5, 0.6) is 0 Å². The molecule has 2 unspecified atom stereocenters. The van der Waals surface area contributed by atoms with Crippen LogP contribution in [-0.2, 0) is 14.3 Å². The first-order chi connectivity index (χ1) is 13.1. The topological polar surface area (TPSA) is 126 Å². The molecule has 13 heteroatoms. The number of aryl methyl sites for hydroxylation is 1. The normalized spacial score (nSPS) is 25.1. The summed E-state index contributed by atoms with van der Waals surface area (Å²) in [6, 6.07) is 0. The highest BCUT2D eigenvalue weighted by atomic mass is 32.1. The second kappa shape index (κ2) is 9.13. The summed E-state index contributed by atoms with van der Waals surface area (Å²) in [5.74, 6) is -2.05. The first kappa shape index (κ1) is 22.5. The standard InChI is InChI=1S/C15H20F3N3O6S/c1-7-5-21(14(28)20-11(7)24)12-10(9(23)8(6-22)27-12)26-4-2-3-19-13(25)15(16,17)18/h5,8-10,12,22-23H,2-4,6H2,1H3,(H,19,25)(H,20,24,28)/t8-,9?,10?,12-/m0/s1. The Labute approximate surface area is 162 Å². The fraction of sp³-hybridized carbons (Fsp3) is 0.667. The highest BCUT2D eigenvalue weighted by molar-refractivity contribution is 7.71. The van der Waals surface area contributed by atoms with E-state index in [0.717, 1.165) is 0 Å². The van der Waals surface area contributed by atoms with Crippen molar-refractivity contribution in [1.82, 2.24) is 14.9 Å². The van der Waals surface area contributed by atoms with E-state index in [1.54, 1.807) is 5.32 Å². The predicted octanol–water partition coefficient (Wildman–Crippen LogP) is -0.0813. The van der Waals surface area contributed by atoms with Gasteiger partial charge in [-0.25, -0.2) is 0 Å². The van der Waals surface area contributed by atoms with E-state index in [-0.39, 0.29) is 24.3 Å². The van der Waals surface area contributed by atoms with Gasteiger partial charge in [-0.05, 0) is 25.6 Å². The number of amides is 1. The molecule has 0 saturated carbocycles. The van der Waals surface area contributed by atoms with Gasteiger partial charge in [-0.15, -0.1) is 0 Å². The molecule has 0 aromatic carbocycles. The number of H-pyrrole nitrogens is 1. The fourth-order valence-corrected chi connectivity index (χ4v) is 2.89. The number of halogens is 3. The van der Waals surface area contributed by atoms with Crippen LogP contribution in [0.15, 0.2) is 11.0 Å². The number of aromatic nitrogens is 2. The third-order valence-corrected chi connectivity index (χ3v) is 4.40. The monoisotopic (exact) mass is 427 g/mol. The zero-order valence-electron chi connectivity index (χ0n) is 14.7. The van der Waals surface area contributed by atoms with Crippen LogP contribution in [0, 0.1) is 11.7 Å². The average molecular weight is 427 g/mol. The van der Waals surface area contributed by atoms with E-state index in [2.05, 4.69) is 4.98 Å². The van der Waals surface area contributed by atoms with Gasteiger partial charge in [0, 0.05) is 24.9 Å². The van der Waals surface area contributed by atoms with Crippen molar-refractivity contribution in [2.45, 2.75) is 44.1 Å².